The number of fused-ring (bicyclic) bond motifs is 1. The lowest BCUT2D eigenvalue weighted by Gasteiger charge is -2.38. The molecule has 0 saturated heterocycles. The van der Waals surface area contributed by atoms with E-state index in [0.717, 1.165) is 42.2 Å². The molecule has 2 aromatic rings. The first-order chi connectivity index (χ1) is 14.9. The Morgan fingerprint density at radius 2 is 1.94 bits per heavy atom. The molecule has 1 heterocycles. The summed E-state index contributed by atoms with van der Waals surface area (Å²) >= 11 is 0. The molecule has 0 spiro atoms. The van der Waals surface area contributed by atoms with Crippen molar-refractivity contribution in [3.05, 3.63) is 65.2 Å². The van der Waals surface area contributed by atoms with Gasteiger partial charge < -0.3 is 20.7 Å². The fraction of sp³-hybridized carbons (Fsp3) is 0.440. The summed E-state index contributed by atoms with van der Waals surface area (Å²) in [5.74, 6) is 1.62. The lowest BCUT2D eigenvalue weighted by molar-refractivity contribution is 0.0694. The van der Waals surface area contributed by atoms with Gasteiger partial charge in [-0.2, -0.15) is 0 Å². The molecule has 0 fully saturated rings. The first kappa shape index (κ1) is 22.7. The molecule has 0 aromatic heterocycles. The van der Waals surface area contributed by atoms with Gasteiger partial charge >= 0.3 is 0 Å². The predicted octanol–water partition coefficient (Wildman–Crippen LogP) is 4.18. The Kier molecular flexibility index (Phi) is 7.55. The van der Waals surface area contributed by atoms with Crippen LogP contribution < -0.4 is 20.7 Å². The molecule has 0 bridgehead atoms. The van der Waals surface area contributed by atoms with Crippen LogP contribution in [0.3, 0.4) is 0 Å². The summed E-state index contributed by atoms with van der Waals surface area (Å²) in [4.78, 5) is 17.0. The largest absolute Gasteiger partial charge is 0.487 e. The van der Waals surface area contributed by atoms with E-state index >= 15 is 0 Å². The highest BCUT2D eigenvalue weighted by Gasteiger charge is 2.33. The molecule has 1 atom stereocenters. The smallest absolute Gasteiger partial charge is 0.251 e. The van der Waals surface area contributed by atoms with Crippen LogP contribution in [0, 0.1) is 0 Å². The highest BCUT2D eigenvalue weighted by atomic mass is 16.5. The van der Waals surface area contributed by atoms with Crippen molar-refractivity contribution in [3.63, 3.8) is 0 Å². The summed E-state index contributed by atoms with van der Waals surface area (Å²) in [5, 5.41) is 9.85. The molecule has 2 aromatic carbocycles. The summed E-state index contributed by atoms with van der Waals surface area (Å²) in [6, 6.07) is 15.9. The maximum absolute atomic E-state index is 12.3. The van der Waals surface area contributed by atoms with E-state index in [0.29, 0.717) is 18.7 Å². The average molecular weight is 423 g/mol. The maximum Gasteiger partial charge on any atom is 0.251 e. The number of nitrogens with one attached hydrogen (secondary N) is 3. The highest BCUT2D eigenvalue weighted by molar-refractivity contribution is 5.94. The zero-order valence-electron chi connectivity index (χ0n) is 19.0. The van der Waals surface area contributed by atoms with Gasteiger partial charge in [0.05, 0.1) is 12.6 Å². The average Bonchev–Trinajstić information content (AvgIpc) is 2.75. The molecular weight excluding hydrogens is 388 g/mol. The Balaban J connectivity index is 1.75. The van der Waals surface area contributed by atoms with Crippen LogP contribution in [0.4, 0.5) is 0 Å². The normalized spacial score (nSPS) is 17.3. The summed E-state index contributed by atoms with van der Waals surface area (Å²) in [7, 11) is 0. The van der Waals surface area contributed by atoms with Gasteiger partial charge in [0.25, 0.3) is 5.91 Å². The Hall–Kier alpha value is -3.02. The molecule has 6 nitrogen and oxygen atoms in total. The summed E-state index contributed by atoms with van der Waals surface area (Å²) in [6.45, 7) is 10.2. The number of hydrogen-bond acceptors (Lipinski definition) is 3. The van der Waals surface area contributed by atoms with Crippen molar-refractivity contribution < 1.29 is 9.53 Å². The number of carbonyl (C=O) groups is 1. The molecule has 0 radical (unpaired) electrons. The van der Waals surface area contributed by atoms with Gasteiger partial charge in [-0.25, -0.2) is 4.99 Å². The summed E-state index contributed by atoms with van der Waals surface area (Å²) in [5.41, 5.74) is 2.54. The minimum absolute atomic E-state index is 0.0428. The zero-order chi connectivity index (χ0) is 22.3. The Bertz CT molecular complexity index is 923. The molecular formula is C25H34N4O2. The predicted molar refractivity (Wildman–Crippen MR) is 126 cm³/mol. The van der Waals surface area contributed by atoms with Gasteiger partial charge in [0.2, 0.25) is 0 Å². The van der Waals surface area contributed by atoms with E-state index < -0.39 is 0 Å². The Morgan fingerprint density at radius 3 is 2.71 bits per heavy atom. The molecule has 0 aliphatic carbocycles. The molecule has 3 N–H and O–H groups in total. The number of rotatable bonds is 7. The second kappa shape index (κ2) is 10.3. The second-order valence-electron chi connectivity index (χ2n) is 8.45. The van der Waals surface area contributed by atoms with Crippen LogP contribution in [0.1, 0.15) is 68.1 Å². The number of aliphatic imine (C=N–C) groups is 1. The fourth-order valence-electron chi connectivity index (χ4n) is 3.74. The quantitative estimate of drug-likeness (QED) is 0.462. The van der Waals surface area contributed by atoms with Crippen molar-refractivity contribution >= 4 is 11.9 Å². The highest BCUT2D eigenvalue weighted by Crippen LogP contribution is 2.39. The van der Waals surface area contributed by atoms with Gasteiger partial charge in [0, 0.05) is 30.6 Å². The van der Waals surface area contributed by atoms with Crippen molar-refractivity contribution in [3.8, 4) is 5.75 Å². The first-order valence-corrected chi connectivity index (χ1v) is 11.1. The standard InChI is InChI=1S/C25H34N4O2/c1-5-14-27-23(30)19-11-9-10-18(15-19)17-28-24(26-6-2)29-21-16-25(3,4)31-22-13-8-7-12-20(21)22/h7-13,15,21H,5-6,14,16-17H2,1-4H3,(H,27,30)(H2,26,28,29). The van der Waals surface area contributed by atoms with Crippen LogP contribution in [-0.4, -0.2) is 30.6 Å². The van der Waals surface area contributed by atoms with Crippen LogP contribution in [0.2, 0.25) is 0 Å². The van der Waals surface area contributed by atoms with E-state index in [1.165, 1.54) is 0 Å². The number of amides is 1. The SMILES string of the molecule is CCCNC(=O)c1cccc(CN=C(NCC)NC2CC(C)(C)Oc3ccccc32)c1. The molecule has 0 saturated carbocycles. The van der Waals surface area contributed by atoms with Crippen LogP contribution in [-0.2, 0) is 6.54 Å². The molecule has 166 valence electrons. The minimum Gasteiger partial charge on any atom is -0.487 e. The lowest BCUT2D eigenvalue weighted by Crippen LogP contribution is -2.45. The second-order valence-corrected chi connectivity index (χ2v) is 8.45. The molecule has 1 unspecified atom stereocenters. The van der Waals surface area contributed by atoms with Gasteiger partial charge in [-0.05, 0) is 51.0 Å². The fourth-order valence-corrected chi connectivity index (χ4v) is 3.74. The van der Waals surface area contributed by atoms with Crippen molar-refractivity contribution in [1.82, 2.24) is 16.0 Å². The third-order valence-electron chi connectivity index (χ3n) is 5.18. The molecule has 1 amide bonds. The van der Waals surface area contributed by atoms with E-state index in [1.54, 1.807) is 0 Å². The number of para-hydroxylation sites is 1. The van der Waals surface area contributed by atoms with Crippen molar-refractivity contribution in [2.24, 2.45) is 4.99 Å². The first-order valence-electron chi connectivity index (χ1n) is 11.1. The van der Waals surface area contributed by atoms with Gasteiger partial charge in [0.1, 0.15) is 11.4 Å². The lowest BCUT2D eigenvalue weighted by atomic mass is 9.90. The third kappa shape index (κ3) is 6.23. The van der Waals surface area contributed by atoms with E-state index in [9.17, 15) is 4.79 Å². The number of guanidine groups is 1. The summed E-state index contributed by atoms with van der Waals surface area (Å²) < 4.78 is 6.15. The van der Waals surface area contributed by atoms with Gasteiger partial charge in [-0.1, -0.05) is 37.3 Å². The van der Waals surface area contributed by atoms with Gasteiger partial charge in [-0.3, -0.25) is 4.79 Å². The monoisotopic (exact) mass is 422 g/mol. The minimum atomic E-state index is -0.260. The van der Waals surface area contributed by atoms with E-state index in [1.807, 2.05) is 49.4 Å². The van der Waals surface area contributed by atoms with Crippen LogP contribution >= 0.6 is 0 Å². The summed E-state index contributed by atoms with van der Waals surface area (Å²) in [6.07, 6.45) is 1.75. The molecule has 31 heavy (non-hydrogen) atoms. The molecule has 3 rings (SSSR count). The third-order valence-corrected chi connectivity index (χ3v) is 5.18. The Morgan fingerprint density at radius 1 is 1.13 bits per heavy atom. The van der Waals surface area contributed by atoms with Crippen molar-refractivity contribution in [2.75, 3.05) is 13.1 Å². The van der Waals surface area contributed by atoms with E-state index in [-0.39, 0.29) is 17.6 Å². The topological polar surface area (TPSA) is 74.8 Å². The van der Waals surface area contributed by atoms with Crippen LogP contribution in [0.5, 0.6) is 5.75 Å². The van der Waals surface area contributed by atoms with Gasteiger partial charge in [-0.15, -0.1) is 0 Å². The van der Waals surface area contributed by atoms with Crippen molar-refractivity contribution in [2.45, 2.75) is 58.7 Å². The maximum atomic E-state index is 12.3. The number of hydrogen-bond donors (Lipinski definition) is 3. The Labute approximate surface area is 185 Å². The van der Waals surface area contributed by atoms with Gasteiger partial charge in [0.15, 0.2) is 5.96 Å². The van der Waals surface area contributed by atoms with Crippen molar-refractivity contribution in [1.29, 1.82) is 0 Å². The molecule has 6 heteroatoms. The number of ether oxygens (including phenoxy) is 1. The molecule has 1 aliphatic rings. The number of carbonyl (C=O) groups excluding carboxylic acids is 1. The molecule has 1 aliphatic heterocycles. The zero-order valence-corrected chi connectivity index (χ0v) is 19.0. The number of nitrogens with zero attached hydrogens (tertiary/aromatic N) is 1. The van der Waals surface area contributed by atoms with E-state index in [2.05, 4.69) is 42.8 Å². The van der Waals surface area contributed by atoms with Crippen LogP contribution in [0.25, 0.3) is 0 Å². The van der Waals surface area contributed by atoms with Crippen LogP contribution in [0.15, 0.2) is 53.5 Å². The number of benzene rings is 2. The van der Waals surface area contributed by atoms with E-state index in [4.69, 9.17) is 9.73 Å².